The molecular weight excluding hydrogens is 141 g/mol. The zero-order chi connectivity index (χ0) is 7.28. The van der Waals surface area contributed by atoms with E-state index in [2.05, 4.69) is 4.52 Å². The van der Waals surface area contributed by atoms with Gasteiger partial charge in [-0.25, -0.2) is 0 Å². The van der Waals surface area contributed by atoms with E-state index in [1.165, 1.54) is 7.11 Å². The zero-order valence-corrected chi connectivity index (χ0v) is 6.17. The average molecular weight is 152 g/mol. The number of aliphatic hydroxyl groups excluding tert-OH is 1. The van der Waals surface area contributed by atoms with Gasteiger partial charge in [-0.1, -0.05) is 0 Å². The summed E-state index contributed by atoms with van der Waals surface area (Å²) in [6.45, 7) is 0.325. The molecule has 0 aliphatic rings. The summed E-state index contributed by atoms with van der Waals surface area (Å²) < 4.78 is 14.9. The Labute approximate surface area is 54.9 Å². The standard InChI is InChI=1S/C4H11NO3P/c1-8-9(7)4(6)2-3-5/h4,6H,2-3,5H2,1H3/q+1. The van der Waals surface area contributed by atoms with Crippen LogP contribution in [0.5, 0.6) is 0 Å². The molecule has 0 aromatic heterocycles. The highest BCUT2D eigenvalue weighted by atomic mass is 31.1. The van der Waals surface area contributed by atoms with Gasteiger partial charge in [0.2, 0.25) is 0 Å². The zero-order valence-electron chi connectivity index (χ0n) is 5.28. The Morgan fingerprint density at radius 2 is 2.44 bits per heavy atom. The van der Waals surface area contributed by atoms with Crippen molar-refractivity contribution in [3.05, 3.63) is 0 Å². The predicted octanol–water partition coefficient (Wildman–Crippen LogP) is 0.0424. The Bertz CT molecular complexity index is 97.8. The van der Waals surface area contributed by atoms with Crippen LogP contribution in [-0.4, -0.2) is 24.6 Å². The summed E-state index contributed by atoms with van der Waals surface area (Å²) in [6, 6.07) is 0. The Balaban J connectivity index is 3.45. The van der Waals surface area contributed by atoms with Gasteiger partial charge in [0.15, 0.2) is 0 Å². The molecule has 0 rings (SSSR count). The van der Waals surface area contributed by atoms with E-state index in [1.54, 1.807) is 0 Å². The Kier molecular flexibility index (Phi) is 4.81. The van der Waals surface area contributed by atoms with Crippen molar-refractivity contribution in [3.63, 3.8) is 0 Å². The topological polar surface area (TPSA) is 72.5 Å². The van der Waals surface area contributed by atoms with Crippen LogP contribution in [0.25, 0.3) is 0 Å². The van der Waals surface area contributed by atoms with Gasteiger partial charge < -0.3 is 10.8 Å². The summed E-state index contributed by atoms with van der Waals surface area (Å²) in [5, 5.41) is 8.83. The van der Waals surface area contributed by atoms with Gasteiger partial charge in [0.1, 0.15) is 0 Å². The largest absolute Gasteiger partial charge is 0.539 e. The second-order valence-corrected chi connectivity index (χ2v) is 3.06. The molecule has 2 unspecified atom stereocenters. The van der Waals surface area contributed by atoms with Crippen molar-refractivity contribution in [1.29, 1.82) is 0 Å². The lowest BCUT2D eigenvalue weighted by Crippen LogP contribution is -2.09. The number of hydrogen-bond donors (Lipinski definition) is 2. The fourth-order valence-corrected chi connectivity index (χ4v) is 0.979. The molecule has 0 aromatic carbocycles. The molecule has 0 aromatic rings. The Morgan fingerprint density at radius 3 is 2.78 bits per heavy atom. The van der Waals surface area contributed by atoms with Crippen LogP contribution < -0.4 is 5.73 Å². The smallest absolute Gasteiger partial charge is 0.349 e. The lowest BCUT2D eigenvalue weighted by Gasteiger charge is -1.92. The third-order valence-corrected chi connectivity index (χ3v) is 1.95. The molecule has 5 heteroatoms. The molecular formula is C4H11NO3P+. The van der Waals surface area contributed by atoms with Gasteiger partial charge in [0.25, 0.3) is 5.85 Å². The predicted molar refractivity (Wildman–Crippen MR) is 34.3 cm³/mol. The molecule has 0 bridgehead atoms. The monoisotopic (exact) mass is 152 g/mol. The molecule has 0 fully saturated rings. The molecule has 0 aliphatic carbocycles. The first-order valence-electron chi connectivity index (χ1n) is 2.61. The van der Waals surface area contributed by atoms with Crippen LogP contribution in [0, 0.1) is 0 Å². The van der Waals surface area contributed by atoms with Gasteiger partial charge in [-0.3, -0.25) is 0 Å². The number of rotatable bonds is 4. The van der Waals surface area contributed by atoms with Crippen molar-refractivity contribution in [1.82, 2.24) is 0 Å². The van der Waals surface area contributed by atoms with E-state index in [0.717, 1.165) is 0 Å². The van der Waals surface area contributed by atoms with Crippen molar-refractivity contribution in [2.24, 2.45) is 5.73 Å². The highest BCUT2D eigenvalue weighted by molar-refractivity contribution is 7.39. The molecule has 0 heterocycles. The van der Waals surface area contributed by atoms with Gasteiger partial charge in [0.05, 0.1) is 7.11 Å². The van der Waals surface area contributed by atoms with Crippen LogP contribution in [0.1, 0.15) is 6.42 Å². The maximum absolute atomic E-state index is 10.5. The summed E-state index contributed by atoms with van der Waals surface area (Å²) >= 11 is 0. The minimum absolute atomic E-state index is 0.322. The van der Waals surface area contributed by atoms with E-state index in [0.29, 0.717) is 13.0 Å². The highest BCUT2D eigenvalue weighted by Crippen LogP contribution is 2.27. The second kappa shape index (κ2) is 4.82. The molecule has 0 radical (unpaired) electrons. The first-order chi connectivity index (χ1) is 4.22. The molecule has 2 atom stereocenters. The van der Waals surface area contributed by atoms with Crippen molar-refractivity contribution in [2.75, 3.05) is 13.7 Å². The molecule has 4 nitrogen and oxygen atoms in total. The minimum Gasteiger partial charge on any atom is -0.349 e. The molecule has 0 aliphatic heterocycles. The summed E-state index contributed by atoms with van der Waals surface area (Å²) in [6.07, 6.45) is 0.322. The van der Waals surface area contributed by atoms with Crippen molar-refractivity contribution < 1.29 is 14.2 Å². The van der Waals surface area contributed by atoms with Crippen LogP contribution in [-0.2, 0) is 9.09 Å². The Morgan fingerprint density at radius 1 is 1.89 bits per heavy atom. The summed E-state index contributed by atoms with van der Waals surface area (Å²) in [7, 11) is -0.630. The second-order valence-electron chi connectivity index (χ2n) is 1.53. The van der Waals surface area contributed by atoms with E-state index in [9.17, 15) is 4.57 Å². The number of hydrogen-bond acceptors (Lipinski definition) is 4. The van der Waals surface area contributed by atoms with E-state index in [1.807, 2.05) is 0 Å². The van der Waals surface area contributed by atoms with E-state index in [4.69, 9.17) is 10.8 Å². The Hall–Kier alpha value is -0.0200. The van der Waals surface area contributed by atoms with Crippen LogP contribution in [0.15, 0.2) is 0 Å². The fraction of sp³-hybridized carbons (Fsp3) is 1.00. The maximum Gasteiger partial charge on any atom is 0.539 e. The van der Waals surface area contributed by atoms with E-state index in [-0.39, 0.29) is 0 Å². The first-order valence-corrected chi connectivity index (χ1v) is 3.85. The third-order valence-electron chi connectivity index (χ3n) is 0.848. The third kappa shape index (κ3) is 3.54. The number of nitrogens with two attached hydrogens (primary N) is 1. The fourth-order valence-electron chi connectivity index (χ4n) is 0.376. The van der Waals surface area contributed by atoms with Gasteiger partial charge in [-0.2, -0.15) is 0 Å². The molecule has 0 spiro atoms. The van der Waals surface area contributed by atoms with E-state index >= 15 is 0 Å². The molecule has 9 heavy (non-hydrogen) atoms. The maximum atomic E-state index is 10.5. The van der Waals surface area contributed by atoms with Crippen LogP contribution in [0.4, 0.5) is 0 Å². The van der Waals surface area contributed by atoms with Crippen molar-refractivity contribution in [2.45, 2.75) is 12.3 Å². The van der Waals surface area contributed by atoms with Crippen molar-refractivity contribution >= 4 is 8.03 Å². The normalized spacial score (nSPS) is 15.2. The van der Waals surface area contributed by atoms with Gasteiger partial charge >= 0.3 is 8.03 Å². The summed E-state index contributed by atoms with van der Waals surface area (Å²) in [5.41, 5.74) is 5.08. The minimum atomic E-state index is -1.92. The highest BCUT2D eigenvalue weighted by Gasteiger charge is 2.27. The van der Waals surface area contributed by atoms with E-state index < -0.39 is 13.9 Å². The lowest BCUT2D eigenvalue weighted by atomic mass is 10.5. The van der Waals surface area contributed by atoms with Gasteiger partial charge in [0, 0.05) is 6.42 Å². The lowest BCUT2D eigenvalue weighted by molar-refractivity contribution is 0.223. The SMILES string of the molecule is CO[P+](=O)C(O)CCN. The molecule has 54 valence electrons. The summed E-state index contributed by atoms with van der Waals surface area (Å²) in [5.74, 6) is -0.907. The van der Waals surface area contributed by atoms with Crippen LogP contribution in [0.3, 0.4) is 0 Å². The van der Waals surface area contributed by atoms with Crippen molar-refractivity contribution in [3.8, 4) is 0 Å². The molecule has 0 amide bonds. The first kappa shape index (κ1) is 8.98. The molecule has 3 N–H and O–H groups in total. The quantitative estimate of drug-likeness (QED) is 0.558. The van der Waals surface area contributed by atoms with Gasteiger partial charge in [-0.05, 0) is 11.1 Å². The number of aliphatic hydroxyl groups is 1. The molecule has 0 saturated heterocycles. The average Bonchev–Trinajstić information content (AvgIpc) is 1.87. The summed E-state index contributed by atoms with van der Waals surface area (Å²) in [4.78, 5) is 0. The van der Waals surface area contributed by atoms with Crippen LogP contribution in [0.2, 0.25) is 0 Å². The van der Waals surface area contributed by atoms with Gasteiger partial charge in [-0.15, -0.1) is 4.52 Å². The van der Waals surface area contributed by atoms with Crippen LogP contribution >= 0.6 is 8.03 Å². The molecule has 0 saturated carbocycles.